The lowest BCUT2D eigenvalue weighted by atomic mass is 9.98. The van der Waals surface area contributed by atoms with E-state index in [0.717, 1.165) is 0 Å². The summed E-state index contributed by atoms with van der Waals surface area (Å²) in [6.45, 7) is 3.34. The topological polar surface area (TPSA) is 126 Å². The molecule has 0 aliphatic carbocycles. The molecule has 1 aromatic carbocycles. The Morgan fingerprint density at radius 1 is 0.786 bits per heavy atom. The van der Waals surface area contributed by atoms with Crippen molar-refractivity contribution in [1.82, 2.24) is 10.6 Å². The fourth-order valence-electron chi connectivity index (χ4n) is 3.78. The fourth-order valence-corrected chi connectivity index (χ4v) is 7.97. The van der Waals surface area contributed by atoms with E-state index in [9.17, 15) is 26.4 Å². The van der Waals surface area contributed by atoms with Crippen molar-refractivity contribution in [2.24, 2.45) is 0 Å². The highest BCUT2D eigenvalue weighted by molar-refractivity contribution is 7.92. The van der Waals surface area contributed by atoms with Gasteiger partial charge in [-0.1, -0.05) is 12.1 Å². The molecule has 8 nitrogen and oxygen atoms in total. The molecule has 0 saturated carbocycles. The minimum absolute atomic E-state index is 0.0126. The summed E-state index contributed by atoms with van der Waals surface area (Å²) < 4.78 is 47.0. The van der Waals surface area contributed by atoms with Gasteiger partial charge in [0.1, 0.15) is 0 Å². The van der Waals surface area contributed by atoms with Gasteiger partial charge in [-0.15, -0.1) is 0 Å². The smallest absolute Gasteiger partial charge is 0.252 e. The summed E-state index contributed by atoms with van der Waals surface area (Å²) >= 11 is 0. The van der Waals surface area contributed by atoms with Crippen molar-refractivity contribution >= 4 is 31.5 Å². The van der Waals surface area contributed by atoms with E-state index >= 15 is 0 Å². The van der Waals surface area contributed by atoms with Crippen LogP contribution >= 0.6 is 0 Å². The molecule has 3 rings (SSSR count). The van der Waals surface area contributed by atoms with E-state index < -0.39 is 42.6 Å². The van der Waals surface area contributed by atoms with Crippen LogP contribution < -0.4 is 10.6 Å². The minimum atomic E-state index is -3.19. The van der Waals surface area contributed by atoms with Gasteiger partial charge in [0.05, 0.1) is 45.2 Å². The zero-order valence-corrected chi connectivity index (χ0v) is 17.5. The quantitative estimate of drug-likeness (QED) is 0.710. The third-order valence-corrected chi connectivity index (χ3v) is 9.06. The van der Waals surface area contributed by atoms with Crippen LogP contribution in [0.15, 0.2) is 24.3 Å². The molecule has 0 spiro atoms. The molecule has 0 bridgehead atoms. The molecule has 2 amide bonds. The average Bonchev–Trinajstić information content (AvgIpc) is 3.01. The van der Waals surface area contributed by atoms with Crippen molar-refractivity contribution < 1.29 is 26.4 Å². The van der Waals surface area contributed by atoms with Crippen molar-refractivity contribution in [3.63, 3.8) is 0 Å². The van der Waals surface area contributed by atoms with Crippen LogP contribution in [0.1, 0.15) is 47.4 Å². The van der Waals surface area contributed by atoms with Crippen LogP contribution in [0.25, 0.3) is 0 Å². The van der Waals surface area contributed by atoms with E-state index in [-0.39, 0.29) is 34.1 Å². The Morgan fingerprint density at radius 2 is 1.14 bits per heavy atom. The van der Waals surface area contributed by atoms with Gasteiger partial charge >= 0.3 is 0 Å². The van der Waals surface area contributed by atoms with Gasteiger partial charge in [0, 0.05) is 0 Å². The Balaban J connectivity index is 1.79. The van der Waals surface area contributed by atoms with E-state index in [2.05, 4.69) is 10.6 Å². The van der Waals surface area contributed by atoms with Gasteiger partial charge in [0.2, 0.25) is 0 Å². The van der Waals surface area contributed by atoms with Crippen molar-refractivity contribution in [3.05, 3.63) is 35.4 Å². The largest absolute Gasteiger partial charge is 0.346 e. The molecule has 154 valence electrons. The number of hydrogen-bond acceptors (Lipinski definition) is 6. The maximum atomic E-state index is 12.8. The molecule has 2 heterocycles. The number of rotatable bonds is 4. The van der Waals surface area contributed by atoms with Gasteiger partial charge < -0.3 is 10.6 Å². The van der Waals surface area contributed by atoms with Crippen LogP contribution in [0.5, 0.6) is 0 Å². The molecule has 2 N–H and O–H groups in total. The third-order valence-electron chi connectivity index (χ3n) is 5.25. The highest BCUT2D eigenvalue weighted by atomic mass is 32.2. The number of carbonyl (C=O) groups is 2. The molecule has 2 saturated heterocycles. The number of nitrogens with one attached hydrogen (secondary N) is 2. The normalized spacial score (nSPS) is 30.6. The first-order chi connectivity index (χ1) is 12.8. The standard InChI is InChI=1S/C18H24N2O6S2/c1-17(7-9-27(23,24)11-17)19-15(21)13-5-3-4-6-14(13)16(22)20-18(2)8-10-28(25,26)12-18/h3-6H,7-12H2,1-2H3,(H,19,21)(H,20,22)/t17-,18+. The predicted octanol–water partition coefficient (Wildman–Crippen LogP) is 0.301. The van der Waals surface area contributed by atoms with E-state index in [4.69, 9.17) is 0 Å². The number of carbonyl (C=O) groups excluding carboxylic acids is 2. The lowest BCUT2D eigenvalue weighted by molar-refractivity contribution is 0.0879. The van der Waals surface area contributed by atoms with Gasteiger partial charge in [-0.2, -0.15) is 0 Å². The van der Waals surface area contributed by atoms with E-state index in [1.807, 2.05) is 0 Å². The van der Waals surface area contributed by atoms with E-state index in [0.29, 0.717) is 12.8 Å². The van der Waals surface area contributed by atoms with E-state index in [1.54, 1.807) is 26.0 Å². The summed E-state index contributed by atoms with van der Waals surface area (Å²) in [6, 6.07) is 6.21. The zero-order valence-electron chi connectivity index (χ0n) is 15.8. The summed E-state index contributed by atoms with van der Waals surface area (Å²) in [4.78, 5) is 25.6. The third kappa shape index (κ3) is 4.54. The Bertz CT molecular complexity index is 951. The fraction of sp³-hybridized carbons (Fsp3) is 0.556. The number of amides is 2. The van der Waals surface area contributed by atoms with Crippen molar-refractivity contribution in [2.75, 3.05) is 23.0 Å². The molecular formula is C18H24N2O6S2. The average molecular weight is 429 g/mol. The lowest BCUT2D eigenvalue weighted by Crippen LogP contribution is -2.49. The monoisotopic (exact) mass is 428 g/mol. The van der Waals surface area contributed by atoms with Crippen LogP contribution in [-0.2, 0) is 19.7 Å². The molecule has 2 fully saturated rings. The molecule has 2 aliphatic heterocycles. The second kappa shape index (κ2) is 6.84. The maximum absolute atomic E-state index is 12.8. The predicted molar refractivity (Wildman–Crippen MR) is 105 cm³/mol. The van der Waals surface area contributed by atoms with Crippen LogP contribution in [0.4, 0.5) is 0 Å². The van der Waals surface area contributed by atoms with Gasteiger partial charge in [-0.25, -0.2) is 16.8 Å². The van der Waals surface area contributed by atoms with Crippen LogP contribution in [0.3, 0.4) is 0 Å². The lowest BCUT2D eigenvalue weighted by Gasteiger charge is -2.26. The summed E-state index contributed by atoms with van der Waals surface area (Å²) in [5.74, 6) is -1.33. The van der Waals surface area contributed by atoms with Gasteiger partial charge in [-0.3, -0.25) is 9.59 Å². The zero-order chi connectivity index (χ0) is 20.8. The number of sulfone groups is 2. The van der Waals surface area contributed by atoms with Crippen molar-refractivity contribution in [1.29, 1.82) is 0 Å². The molecule has 1 aromatic rings. The van der Waals surface area contributed by atoms with Crippen LogP contribution in [0, 0.1) is 0 Å². The number of hydrogen-bond donors (Lipinski definition) is 2. The van der Waals surface area contributed by atoms with Crippen LogP contribution in [-0.4, -0.2) is 62.7 Å². The highest BCUT2D eigenvalue weighted by Crippen LogP contribution is 2.25. The molecule has 0 radical (unpaired) electrons. The first kappa shape index (κ1) is 20.8. The Labute approximate surface area is 164 Å². The first-order valence-corrected chi connectivity index (χ1v) is 12.6. The second-order valence-corrected chi connectivity index (χ2v) is 12.6. The molecule has 0 unspecified atom stereocenters. The number of benzene rings is 1. The van der Waals surface area contributed by atoms with Gasteiger partial charge in [0.25, 0.3) is 11.8 Å². The van der Waals surface area contributed by atoms with Crippen molar-refractivity contribution in [3.8, 4) is 0 Å². The van der Waals surface area contributed by atoms with Gasteiger partial charge in [0.15, 0.2) is 19.7 Å². The first-order valence-electron chi connectivity index (χ1n) is 8.97. The molecule has 10 heteroatoms. The Hall–Kier alpha value is -1.94. The molecular weight excluding hydrogens is 404 g/mol. The van der Waals surface area contributed by atoms with Crippen molar-refractivity contribution in [2.45, 2.75) is 37.8 Å². The summed E-state index contributed by atoms with van der Waals surface area (Å²) in [5.41, 5.74) is -1.53. The summed E-state index contributed by atoms with van der Waals surface area (Å²) in [5, 5.41) is 5.49. The Morgan fingerprint density at radius 3 is 1.43 bits per heavy atom. The molecule has 0 aromatic heterocycles. The minimum Gasteiger partial charge on any atom is -0.346 e. The Kier molecular flexibility index (Phi) is 5.08. The summed E-state index contributed by atoms with van der Waals surface area (Å²) in [7, 11) is -6.39. The molecule has 28 heavy (non-hydrogen) atoms. The van der Waals surface area contributed by atoms with Gasteiger partial charge in [-0.05, 0) is 38.8 Å². The highest BCUT2D eigenvalue weighted by Gasteiger charge is 2.41. The second-order valence-electron chi connectivity index (χ2n) is 8.26. The van der Waals surface area contributed by atoms with Crippen LogP contribution in [0.2, 0.25) is 0 Å². The summed E-state index contributed by atoms with van der Waals surface area (Å²) in [6.07, 6.45) is 0.622. The van der Waals surface area contributed by atoms with E-state index in [1.165, 1.54) is 12.1 Å². The SMILES string of the molecule is C[C@]1(NC(=O)c2ccccc2C(=O)N[C@]2(C)CCS(=O)(=O)C2)CCS(=O)(=O)C1. The molecule has 2 atom stereocenters. The maximum Gasteiger partial charge on any atom is 0.252 e. The molecule has 2 aliphatic rings.